The zero-order chi connectivity index (χ0) is 13.3. The van der Waals surface area contributed by atoms with E-state index in [1.54, 1.807) is 13.0 Å². The Labute approximate surface area is 107 Å². The molecule has 2 unspecified atom stereocenters. The molecular weight excluding hydrogens is 231 g/mol. The normalized spacial score (nSPS) is 23.4. The number of halogens is 1. The third kappa shape index (κ3) is 2.25. The lowest BCUT2D eigenvalue weighted by molar-refractivity contribution is 0.0726. The van der Waals surface area contributed by atoms with E-state index in [0.29, 0.717) is 23.6 Å². The number of nitrogens with two attached hydrogens (primary N) is 1. The minimum absolute atomic E-state index is 0.0349. The fraction of sp³-hybridized carbons (Fsp3) is 0.500. The van der Waals surface area contributed by atoms with E-state index in [2.05, 4.69) is 6.92 Å². The van der Waals surface area contributed by atoms with Crippen LogP contribution in [0.2, 0.25) is 0 Å². The number of carbonyl (C=O) groups excluding carboxylic acids is 1. The van der Waals surface area contributed by atoms with Crippen molar-refractivity contribution in [3.05, 3.63) is 35.1 Å². The Kier molecular flexibility index (Phi) is 3.66. The van der Waals surface area contributed by atoms with Crippen LogP contribution in [0.25, 0.3) is 0 Å². The maximum atomic E-state index is 13.0. The third-order valence-corrected chi connectivity index (χ3v) is 3.80. The van der Waals surface area contributed by atoms with E-state index >= 15 is 0 Å². The fourth-order valence-corrected chi connectivity index (χ4v) is 2.64. The van der Waals surface area contributed by atoms with Gasteiger partial charge in [0.2, 0.25) is 0 Å². The number of hydrogen-bond donors (Lipinski definition) is 1. The van der Waals surface area contributed by atoms with Crippen molar-refractivity contribution in [2.45, 2.75) is 26.3 Å². The summed E-state index contributed by atoms with van der Waals surface area (Å²) in [5, 5.41) is 0. The lowest BCUT2D eigenvalue weighted by atomic mass is 10.0. The second-order valence-corrected chi connectivity index (χ2v) is 5.03. The molecule has 0 radical (unpaired) electrons. The van der Waals surface area contributed by atoms with Gasteiger partial charge in [-0.2, -0.15) is 0 Å². The number of benzene rings is 1. The minimum atomic E-state index is -0.311. The number of aryl methyl sites for hydroxylation is 1. The molecule has 2 N–H and O–H groups in total. The summed E-state index contributed by atoms with van der Waals surface area (Å²) in [7, 11) is 0. The van der Waals surface area contributed by atoms with Crippen molar-refractivity contribution in [3.63, 3.8) is 0 Å². The number of likely N-dealkylation sites (tertiary alicyclic amines) is 1. The van der Waals surface area contributed by atoms with Crippen LogP contribution < -0.4 is 5.73 Å². The lowest BCUT2D eigenvalue weighted by Gasteiger charge is -2.26. The van der Waals surface area contributed by atoms with Gasteiger partial charge < -0.3 is 10.6 Å². The molecule has 98 valence electrons. The molecule has 1 aliphatic rings. The number of nitrogens with zero attached hydrogens (tertiary/aromatic N) is 1. The van der Waals surface area contributed by atoms with Gasteiger partial charge in [0.05, 0.1) is 0 Å². The Bertz CT molecular complexity index is 461. The molecule has 0 aromatic heterocycles. The highest BCUT2D eigenvalue weighted by Gasteiger charge is 2.34. The summed E-state index contributed by atoms with van der Waals surface area (Å²) in [6.07, 6.45) is 0.980. The largest absolute Gasteiger partial charge is 0.334 e. The zero-order valence-electron chi connectivity index (χ0n) is 10.8. The average Bonchev–Trinajstić information content (AvgIpc) is 2.69. The lowest BCUT2D eigenvalue weighted by Crippen LogP contribution is -2.42. The first-order valence-corrected chi connectivity index (χ1v) is 6.31. The smallest absolute Gasteiger partial charge is 0.254 e. The summed E-state index contributed by atoms with van der Waals surface area (Å²) in [5.74, 6) is 0.0845. The minimum Gasteiger partial charge on any atom is -0.334 e. The monoisotopic (exact) mass is 250 g/mol. The van der Waals surface area contributed by atoms with E-state index in [1.807, 2.05) is 4.90 Å². The molecule has 0 spiro atoms. The first-order valence-electron chi connectivity index (χ1n) is 6.31. The second kappa shape index (κ2) is 5.06. The first-order chi connectivity index (χ1) is 8.54. The third-order valence-electron chi connectivity index (χ3n) is 3.80. The van der Waals surface area contributed by atoms with Gasteiger partial charge in [0.1, 0.15) is 5.82 Å². The average molecular weight is 250 g/mol. The number of carbonyl (C=O) groups is 1. The Hall–Kier alpha value is -1.42. The van der Waals surface area contributed by atoms with Crippen LogP contribution in [0.5, 0.6) is 0 Å². The van der Waals surface area contributed by atoms with Crippen LogP contribution in [0.1, 0.15) is 29.3 Å². The van der Waals surface area contributed by atoms with Gasteiger partial charge in [-0.05, 0) is 43.0 Å². The van der Waals surface area contributed by atoms with Crippen molar-refractivity contribution in [1.29, 1.82) is 0 Å². The molecule has 18 heavy (non-hydrogen) atoms. The van der Waals surface area contributed by atoms with E-state index < -0.39 is 0 Å². The summed E-state index contributed by atoms with van der Waals surface area (Å²) < 4.78 is 13.0. The molecule has 2 rings (SSSR count). The Morgan fingerprint density at radius 3 is 2.89 bits per heavy atom. The van der Waals surface area contributed by atoms with Gasteiger partial charge in [0, 0.05) is 24.7 Å². The van der Waals surface area contributed by atoms with Gasteiger partial charge in [0.25, 0.3) is 5.91 Å². The zero-order valence-corrected chi connectivity index (χ0v) is 10.8. The quantitative estimate of drug-likeness (QED) is 0.872. The highest BCUT2D eigenvalue weighted by atomic mass is 19.1. The molecule has 2 atom stereocenters. The molecule has 4 heteroatoms. The Morgan fingerprint density at radius 1 is 1.56 bits per heavy atom. The number of hydrogen-bond acceptors (Lipinski definition) is 2. The van der Waals surface area contributed by atoms with Crippen LogP contribution in [-0.2, 0) is 0 Å². The summed E-state index contributed by atoms with van der Waals surface area (Å²) in [5.41, 5.74) is 6.99. The SMILES string of the molecule is Cc1cc(F)ccc1C(=O)N1CCC(C)C1CN. The molecule has 1 aromatic carbocycles. The van der Waals surface area contributed by atoms with Crippen LogP contribution in [0, 0.1) is 18.7 Å². The second-order valence-electron chi connectivity index (χ2n) is 5.03. The summed E-state index contributed by atoms with van der Waals surface area (Å²) in [6.45, 7) is 5.08. The molecule has 1 heterocycles. The molecule has 0 bridgehead atoms. The molecule has 1 fully saturated rings. The molecular formula is C14H19FN2O. The van der Waals surface area contributed by atoms with Gasteiger partial charge in [-0.15, -0.1) is 0 Å². The molecule has 1 aliphatic heterocycles. The molecule has 1 amide bonds. The highest BCUT2D eigenvalue weighted by Crippen LogP contribution is 2.25. The van der Waals surface area contributed by atoms with Crippen molar-refractivity contribution in [2.75, 3.05) is 13.1 Å². The molecule has 1 aromatic rings. The van der Waals surface area contributed by atoms with Gasteiger partial charge in [-0.1, -0.05) is 6.92 Å². The standard InChI is InChI=1S/C14H19FN2O/c1-9-5-6-17(13(9)8-16)14(18)12-4-3-11(15)7-10(12)2/h3-4,7,9,13H,5-6,8,16H2,1-2H3. The summed E-state index contributed by atoms with van der Waals surface area (Å²) in [4.78, 5) is 14.3. The van der Waals surface area contributed by atoms with E-state index in [4.69, 9.17) is 5.73 Å². The summed E-state index contributed by atoms with van der Waals surface area (Å²) >= 11 is 0. The van der Waals surface area contributed by atoms with Crippen molar-refractivity contribution in [1.82, 2.24) is 4.90 Å². The van der Waals surface area contributed by atoms with Crippen LogP contribution in [0.15, 0.2) is 18.2 Å². The van der Waals surface area contributed by atoms with Crippen LogP contribution in [-0.4, -0.2) is 29.9 Å². The van der Waals surface area contributed by atoms with Gasteiger partial charge in [0.15, 0.2) is 0 Å². The molecule has 1 saturated heterocycles. The van der Waals surface area contributed by atoms with E-state index in [0.717, 1.165) is 13.0 Å². The van der Waals surface area contributed by atoms with E-state index in [-0.39, 0.29) is 17.8 Å². The highest BCUT2D eigenvalue weighted by molar-refractivity contribution is 5.96. The topological polar surface area (TPSA) is 46.3 Å². The van der Waals surface area contributed by atoms with Gasteiger partial charge in [-0.3, -0.25) is 4.79 Å². The predicted molar refractivity (Wildman–Crippen MR) is 68.8 cm³/mol. The number of amides is 1. The van der Waals surface area contributed by atoms with Crippen LogP contribution in [0.3, 0.4) is 0 Å². The van der Waals surface area contributed by atoms with Gasteiger partial charge in [-0.25, -0.2) is 4.39 Å². The van der Waals surface area contributed by atoms with E-state index in [9.17, 15) is 9.18 Å². The van der Waals surface area contributed by atoms with Crippen LogP contribution >= 0.6 is 0 Å². The summed E-state index contributed by atoms with van der Waals surface area (Å²) in [6, 6.07) is 4.38. The number of rotatable bonds is 2. The van der Waals surface area contributed by atoms with Crippen molar-refractivity contribution in [3.8, 4) is 0 Å². The molecule has 0 saturated carbocycles. The van der Waals surface area contributed by atoms with Gasteiger partial charge >= 0.3 is 0 Å². The predicted octanol–water partition coefficient (Wildman–Crippen LogP) is 1.94. The Morgan fingerprint density at radius 2 is 2.28 bits per heavy atom. The van der Waals surface area contributed by atoms with Crippen molar-refractivity contribution < 1.29 is 9.18 Å². The van der Waals surface area contributed by atoms with Crippen molar-refractivity contribution >= 4 is 5.91 Å². The van der Waals surface area contributed by atoms with E-state index in [1.165, 1.54) is 12.1 Å². The first kappa shape index (κ1) is 13.0. The van der Waals surface area contributed by atoms with Crippen molar-refractivity contribution in [2.24, 2.45) is 11.7 Å². The maximum Gasteiger partial charge on any atom is 0.254 e. The molecule has 0 aliphatic carbocycles. The molecule has 3 nitrogen and oxygen atoms in total. The van der Waals surface area contributed by atoms with Crippen LogP contribution in [0.4, 0.5) is 4.39 Å². The maximum absolute atomic E-state index is 13.0. The Balaban J connectivity index is 2.26. The fourth-order valence-electron chi connectivity index (χ4n) is 2.64.